The van der Waals surface area contributed by atoms with E-state index >= 15 is 0 Å². The second-order valence-electron chi connectivity index (χ2n) is 7.52. The lowest BCUT2D eigenvalue weighted by Gasteiger charge is -2.39. The van der Waals surface area contributed by atoms with Gasteiger partial charge in [-0.25, -0.2) is 0 Å². The smallest absolute Gasteiger partial charge is 0.255 e. The van der Waals surface area contributed by atoms with Gasteiger partial charge in [-0.05, 0) is 45.4 Å². The number of ether oxygens (including phenoxy) is 2. The third-order valence-electron chi connectivity index (χ3n) is 3.96. The van der Waals surface area contributed by atoms with Gasteiger partial charge in [-0.2, -0.15) is 0 Å². The average Bonchev–Trinajstić information content (AvgIpc) is 2.53. The predicted molar refractivity (Wildman–Crippen MR) is 92.8 cm³/mol. The minimum atomic E-state index is -1.55. The van der Waals surface area contributed by atoms with Gasteiger partial charge in [-0.1, -0.05) is 6.07 Å². The number of aliphatic hydroxyl groups excluding tert-OH is 4. The van der Waals surface area contributed by atoms with Crippen molar-refractivity contribution in [2.45, 2.75) is 63.9 Å². The molecular formula is C18H27NO7. The lowest BCUT2D eigenvalue weighted by Crippen LogP contribution is -2.60. The lowest BCUT2D eigenvalue weighted by atomic mass is 9.99. The van der Waals surface area contributed by atoms with Gasteiger partial charge >= 0.3 is 0 Å². The third kappa shape index (κ3) is 4.72. The van der Waals surface area contributed by atoms with Crippen LogP contribution in [-0.2, 0) is 4.74 Å². The number of carbonyl (C=O) groups is 1. The average molecular weight is 369 g/mol. The Morgan fingerprint density at radius 2 is 1.85 bits per heavy atom. The van der Waals surface area contributed by atoms with Crippen molar-refractivity contribution in [2.75, 3.05) is 6.61 Å². The zero-order chi connectivity index (χ0) is 19.6. The molecule has 1 aromatic rings. The van der Waals surface area contributed by atoms with E-state index in [4.69, 9.17) is 9.47 Å². The van der Waals surface area contributed by atoms with E-state index in [1.165, 1.54) is 0 Å². The van der Waals surface area contributed by atoms with Crippen molar-refractivity contribution >= 4 is 5.91 Å². The van der Waals surface area contributed by atoms with E-state index in [2.05, 4.69) is 5.32 Å². The summed E-state index contributed by atoms with van der Waals surface area (Å²) in [5, 5.41) is 41.9. The number of hydrogen-bond acceptors (Lipinski definition) is 7. The molecule has 5 atom stereocenters. The Kier molecular flexibility index (Phi) is 6.25. The molecule has 1 aliphatic heterocycles. The van der Waals surface area contributed by atoms with Crippen LogP contribution in [0.15, 0.2) is 18.2 Å². The van der Waals surface area contributed by atoms with Crippen LogP contribution in [0.3, 0.4) is 0 Å². The Labute approximate surface area is 152 Å². The molecule has 5 N–H and O–H groups in total. The largest absolute Gasteiger partial charge is 0.461 e. The van der Waals surface area contributed by atoms with E-state index in [1.807, 2.05) is 27.7 Å². The Hall–Kier alpha value is -1.71. The van der Waals surface area contributed by atoms with Crippen molar-refractivity contribution < 1.29 is 34.7 Å². The summed E-state index contributed by atoms with van der Waals surface area (Å²) in [7, 11) is 0. The molecule has 8 nitrogen and oxygen atoms in total. The van der Waals surface area contributed by atoms with Crippen LogP contribution in [0.2, 0.25) is 0 Å². The van der Waals surface area contributed by atoms with E-state index in [-0.39, 0.29) is 17.2 Å². The van der Waals surface area contributed by atoms with Crippen molar-refractivity contribution in [1.29, 1.82) is 0 Å². The molecule has 26 heavy (non-hydrogen) atoms. The second kappa shape index (κ2) is 7.89. The zero-order valence-electron chi connectivity index (χ0n) is 15.3. The molecule has 0 aliphatic carbocycles. The highest BCUT2D eigenvalue weighted by Crippen LogP contribution is 2.27. The molecule has 0 spiro atoms. The first-order valence-corrected chi connectivity index (χ1v) is 8.44. The third-order valence-corrected chi connectivity index (χ3v) is 3.96. The van der Waals surface area contributed by atoms with Crippen LogP contribution in [0, 0.1) is 6.92 Å². The highest BCUT2D eigenvalue weighted by Gasteiger charge is 2.45. The van der Waals surface area contributed by atoms with Crippen molar-refractivity contribution in [1.82, 2.24) is 5.32 Å². The molecule has 1 saturated heterocycles. The molecule has 1 fully saturated rings. The summed E-state index contributed by atoms with van der Waals surface area (Å²) >= 11 is 0. The highest BCUT2D eigenvalue weighted by atomic mass is 16.7. The first kappa shape index (κ1) is 20.6. The molecule has 0 aromatic heterocycles. The Morgan fingerprint density at radius 3 is 2.42 bits per heavy atom. The fourth-order valence-electron chi connectivity index (χ4n) is 2.61. The number of nitrogens with one attached hydrogen (secondary N) is 1. The Bertz CT molecular complexity index is 641. The molecule has 146 valence electrons. The van der Waals surface area contributed by atoms with Gasteiger partial charge in [0.2, 0.25) is 6.29 Å². The SMILES string of the molecule is Cc1ccc(C(=O)NC(C)(C)C)c(OC2OC(CO)C(O)C(O)C2O)c1. The number of aryl methyl sites for hydroxylation is 1. The standard InChI is InChI=1S/C18H27NO7/c1-9-5-6-10(16(24)19-18(2,3)4)11(7-9)25-17-15(23)14(22)13(21)12(8-20)26-17/h5-7,12-15,17,20-23H,8H2,1-4H3,(H,19,24). The molecule has 1 amide bonds. The van der Waals surface area contributed by atoms with Crippen LogP contribution in [0.1, 0.15) is 36.7 Å². The minimum Gasteiger partial charge on any atom is -0.461 e. The number of hydrogen-bond donors (Lipinski definition) is 5. The predicted octanol–water partition coefficient (Wildman–Crippen LogP) is -0.298. The normalized spacial score (nSPS) is 29.3. The van der Waals surface area contributed by atoms with E-state index in [0.29, 0.717) is 0 Å². The van der Waals surface area contributed by atoms with Crippen molar-refractivity contribution in [2.24, 2.45) is 0 Å². The summed E-state index contributed by atoms with van der Waals surface area (Å²) in [4.78, 5) is 12.5. The molecule has 1 heterocycles. The summed E-state index contributed by atoms with van der Waals surface area (Å²) in [5.74, 6) is -0.201. The highest BCUT2D eigenvalue weighted by molar-refractivity contribution is 5.97. The van der Waals surface area contributed by atoms with Gasteiger partial charge in [0.25, 0.3) is 5.91 Å². The molecule has 8 heteroatoms. The van der Waals surface area contributed by atoms with Crippen LogP contribution >= 0.6 is 0 Å². The van der Waals surface area contributed by atoms with Gasteiger partial charge in [0, 0.05) is 5.54 Å². The van der Waals surface area contributed by atoms with Gasteiger partial charge < -0.3 is 35.2 Å². The maximum atomic E-state index is 12.5. The lowest BCUT2D eigenvalue weighted by molar-refractivity contribution is -0.277. The first-order valence-electron chi connectivity index (χ1n) is 8.44. The van der Waals surface area contributed by atoms with Crippen molar-refractivity contribution in [3.8, 4) is 5.75 Å². The molecule has 1 aliphatic rings. The monoisotopic (exact) mass is 369 g/mol. The molecule has 0 radical (unpaired) electrons. The van der Waals surface area contributed by atoms with Crippen LogP contribution in [-0.4, -0.2) is 69.2 Å². The van der Waals surface area contributed by atoms with Gasteiger partial charge in [0.15, 0.2) is 0 Å². The van der Waals surface area contributed by atoms with Crippen molar-refractivity contribution in [3.63, 3.8) is 0 Å². The molecule has 0 bridgehead atoms. The number of amides is 1. The molecule has 5 unspecified atom stereocenters. The van der Waals surface area contributed by atoms with E-state index < -0.39 is 42.9 Å². The molecule has 0 saturated carbocycles. The van der Waals surface area contributed by atoms with Crippen LogP contribution in [0.25, 0.3) is 0 Å². The number of rotatable bonds is 4. The molecular weight excluding hydrogens is 342 g/mol. The van der Waals surface area contributed by atoms with Crippen LogP contribution in [0.5, 0.6) is 5.75 Å². The van der Waals surface area contributed by atoms with Gasteiger partial charge in [0.05, 0.1) is 12.2 Å². The van der Waals surface area contributed by atoms with Gasteiger partial charge in [-0.15, -0.1) is 0 Å². The summed E-state index contributed by atoms with van der Waals surface area (Å²) in [5.41, 5.74) is 0.599. The minimum absolute atomic E-state index is 0.163. The second-order valence-corrected chi connectivity index (χ2v) is 7.52. The Balaban J connectivity index is 2.28. The van der Waals surface area contributed by atoms with Crippen LogP contribution < -0.4 is 10.1 Å². The molecule has 2 rings (SSSR count). The summed E-state index contributed by atoms with van der Waals surface area (Å²) in [6.45, 7) is 6.78. The summed E-state index contributed by atoms with van der Waals surface area (Å²) < 4.78 is 11.0. The van der Waals surface area contributed by atoms with Gasteiger partial charge in [-0.3, -0.25) is 4.79 Å². The Morgan fingerprint density at radius 1 is 1.19 bits per heavy atom. The summed E-state index contributed by atoms with van der Waals surface area (Å²) in [6, 6.07) is 4.95. The number of carbonyl (C=O) groups excluding carboxylic acids is 1. The first-order chi connectivity index (χ1) is 12.0. The fourth-order valence-corrected chi connectivity index (χ4v) is 2.61. The number of aliphatic hydroxyl groups is 4. The topological polar surface area (TPSA) is 128 Å². The maximum absolute atomic E-state index is 12.5. The van der Waals surface area contributed by atoms with E-state index in [1.54, 1.807) is 18.2 Å². The fraction of sp³-hybridized carbons (Fsp3) is 0.611. The molecule has 1 aromatic carbocycles. The van der Waals surface area contributed by atoms with E-state index in [0.717, 1.165) is 5.56 Å². The zero-order valence-corrected chi connectivity index (χ0v) is 15.3. The summed E-state index contributed by atoms with van der Waals surface area (Å²) in [6.07, 6.45) is -7.02. The van der Waals surface area contributed by atoms with Gasteiger partial charge in [0.1, 0.15) is 30.2 Å². The van der Waals surface area contributed by atoms with Crippen molar-refractivity contribution in [3.05, 3.63) is 29.3 Å². The van der Waals surface area contributed by atoms with E-state index in [9.17, 15) is 25.2 Å². The quantitative estimate of drug-likeness (QED) is 0.493. The maximum Gasteiger partial charge on any atom is 0.255 e. The van der Waals surface area contributed by atoms with Crippen LogP contribution in [0.4, 0.5) is 0 Å². The number of benzene rings is 1.